The summed E-state index contributed by atoms with van der Waals surface area (Å²) in [6.45, 7) is 9.91. The van der Waals surface area contributed by atoms with E-state index in [0.29, 0.717) is 0 Å². The van der Waals surface area contributed by atoms with Crippen LogP contribution in [0.5, 0.6) is 0 Å². The van der Waals surface area contributed by atoms with Crippen molar-refractivity contribution in [1.29, 1.82) is 0 Å². The van der Waals surface area contributed by atoms with Crippen LogP contribution in [0.2, 0.25) is 0 Å². The zero-order valence-electron chi connectivity index (χ0n) is 11.6. The lowest BCUT2D eigenvalue weighted by Gasteiger charge is -2.21. The van der Waals surface area contributed by atoms with Crippen LogP contribution in [0.1, 0.15) is 73.1 Å². The number of carbonyl (C=O) groups is 1. The lowest BCUT2D eigenvalue weighted by molar-refractivity contribution is -0.152. The van der Waals surface area contributed by atoms with E-state index in [-0.39, 0.29) is 5.97 Å². The summed E-state index contributed by atoms with van der Waals surface area (Å²) in [5.41, 5.74) is -0.399. The first kappa shape index (κ1) is 15.5. The Hall–Kier alpha value is -0.530. The average Bonchev–Trinajstić information content (AvgIpc) is 2.20. The summed E-state index contributed by atoms with van der Waals surface area (Å²) in [7, 11) is 0. The zero-order chi connectivity index (χ0) is 12.6. The molecule has 0 aromatic rings. The molecular formula is C14H27O2. The Morgan fingerprint density at radius 3 is 2.12 bits per heavy atom. The molecule has 0 aliphatic rings. The first-order valence-corrected chi connectivity index (χ1v) is 6.48. The normalized spacial score (nSPS) is 11.9. The van der Waals surface area contributed by atoms with Crippen LogP contribution >= 0.6 is 0 Å². The Balaban J connectivity index is 3.87. The molecule has 0 saturated heterocycles. The fourth-order valence-corrected chi connectivity index (χ4v) is 1.33. The number of unbranched alkanes of at least 4 members (excludes halogenated alkanes) is 3. The Morgan fingerprint density at radius 2 is 1.69 bits per heavy atom. The minimum atomic E-state index is -0.399. The van der Waals surface area contributed by atoms with Crippen LogP contribution < -0.4 is 0 Å². The molecule has 0 heterocycles. The Kier molecular flexibility index (Phi) is 7.44. The highest BCUT2D eigenvalue weighted by molar-refractivity contribution is 5.76. The molecule has 0 aromatic carbocycles. The summed E-state index contributed by atoms with van der Waals surface area (Å²) in [6.07, 6.45) is 7.58. The lowest BCUT2D eigenvalue weighted by atomic mass is 9.97. The van der Waals surface area contributed by atoms with E-state index in [4.69, 9.17) is 4.74 Å². The average molecular weight is 227 g/mol. The summed E-state index contributed by atoms with van der Waals surface area (Å²) < 4.78 is 5.42. The van der Waals surface area contributed by atoms with Crippen LogP contribution in [0, 0.1) is 11.5 Å². The summed E-state index contributed by atoms with van der Waals surface area (Å²) >= 11 is 0. The van der Waals surface area contributed by atoms with Crippen LogP contribution in [0.3, 0.4) is 0 Å². The largest absolute Gasteiger partial charge is 0.454 e. The Morgan fingerprint density at radius 1 is 1.06 bits per heavy atom. The minimum Gasteiger partial charge on any atom is -0.454 e. The molecule has 0 unspecified atom stereocenters. The molecule has 0 fully saturated rings. The van der Waals surface area contributed by atoms with Crippen LogP contribution in [0.15, 0.2) is 0 Å². The fourth-order valence-electron chi connectivity index (χ4n) is 1.33. The van der Waals surface area contributed by atoms with Gasteiger partial charge in [0.25, 0.3) is 0 Å². The number of hydrogen-bond acceptors (Lipinski definition) is 2. The van der Waals surface area contributed by atoms with Gasteiger partial charge in [0.05, 0.1) is 5.41 Å². The molecule has 0 amide bonds. The second-order valence-corrected chi connectivity index (χ2v) is 5.34. The monoisotopic (exact) mass is 227 g/mol. The molecule has 2 heteroatoms. The highest BCUT2D eigenvalue weighted by Gasteiger charge is 2.26. The predicted octanol–water partition coefficient (Wildman–Crippen LogP) is 4.49. The Bertz CT molecular complexity index is 191. The van der Waals surface area contributed by atoms with E-state index in [9.17, 15) is 4.79 Å². The summed E-state index contributed by atoms with van der Waals surface area (Å²) in [5, 5.41) is 0. The molecule has 0 N–H and O–H groups in total. The van der Waals surface area contributed by atoms with Crippen molar-refractivity contribution in [2.24, 2.45) is 5.41 Å². The third kappa shape index (κ3) is 6.86. The SMILES string of the molecule is CCCCCC[C](CC)OC(=O)C(C)(C)C. The molecule has 16 heavy (non-hydrogen) atoms. The van der Waals surface area contributed by atoms with Gasteiger partial charge in [0.1, 0.15) is 0 Å². The standard InChI is InChI=1S/C14H27O2/c1-6-8-9-10-11-12(7-2)16-13(15)14(3,4)5/h6-11H2,1-5H3. The van der Waals surface area contributed by atoms with Crippen LogP contribution in [0.25, 0.3) is 0 Å². The summed E-state index contributed by atoms with van der Waals surface area (Å²) in [4.78, 5) is 11.7. The van der Waals surface area contributed by atoms with Crippen LogP contribution in [0.4, 0.5) is 0 Å². The number of hydrogen-bond donors (Lipinski definition) is 0. The maximum absolute atomic E-state index is 11.7. The third-order valence-corrected chi connectivity index (χ3v) is 2.55. The maximum Gasteiger partial charge on any atom is 0.311 e. The maximum atomic E-state index is 11.7. The summed E-state index contributed by atoms with van der Waals surface area (Å²) in [5.74, 6) is -0.111. The highest BCUT2D eigenvalue weighted by atomic mass is 16.5. The second kappa shape index (κ2) is 7.70. The van der Waals surface area contributed by atoms with Gasteiger partial charge in [0, 0.05) is 0 Å². The molecule has 0 aliphatic heterocycles. The number of ether oxygens (including phenoxy) is 1. The molecule has 0 spiro atoms. The van der Waals surface area contributed by atoms with E-state index in [1.807, 2.05) is 27.7 Å². The molecule has 0 atom stereocenters. The fraction of sp³-hybridized carbons (Fsp3) is 0.857. The van der Waals surface area contributed by atoms with Crippen molar-refractivity contribution < 1.29 is 9.53 Å². The molecule has 2 nitrogen and oxygen atoms in total. The number of carbonyl (C=O) groups excluding carboxylic acids is 1. The smallest absolute Gasteiger partial charge is 0.311 e. The lowest BCUT2D eigenvalue weighted by Crippen LogP contribution is -2.24. The molecule has 0 rings (SSSR count). The second-order valence-electron chi connectivity index (χ2n) is 5.34. The van der Waals surface area contributed by atoms with Crippen LogP contribution in [-0.2, 0) is 9.53 Å². The van der Waals surface area contributed by atoms with E-state index in [1.165, 1.54) is 19.3 Å². The molecule has 0 aromatic heterocycles. The number of esters is 1. The van der Waals surface area contributed by atoms with Gasteiger partial charge in [0.2, 0.25) is 0 Å². The van der Waals surface area contributed by atoms with Gasteiger partial charge in [-0.15, -0.1) is 0 Å². The first-order valence-electron chi connectivity index (χ1n) is 6.48. The molecular weight excluding hydrogens is 200 g/mol. The molecule has 1 radical (unpaired) electrons. The van der Waals surface area contributed by atoms with Gasteiger partial charge in [-0.3, -0.25) is 4.79 Å². The van der Waals surface area contributed by atoms with E-state index >= 15 is 0 Å². The van der Waals surface area contributed by atoms with Crippen LogP contribution in [-0.4, -0.2) is 5.97 Å². The van der Waals surface area contributed by atoms with Gasteiger partial charge in [-0.25, -0.2) is 0 Å². The molecule has 0 aliphatic carbocycles. The van der Waals surface area contributed by atoms with E-state index in [0.717, 1.165) is 25.4 Å². The van der Waals surface area contributed by atoms with E-state index < -0.39 is 5.41 Å². The van der Waals surface area contributed by atoms with Crippen molar-refractivity contribution in [2.75, 3.05) is 0 Å². The van der Waals surface area contributed by atoms with Crippen molar-refractivity contribution in [3.63, 3.8) is 0 Å². The van der Waals surface area contributed by atoms with Gasteiger partial charge in [-0.05, 0) is 40.0 Å². The van der Waals surface area contributed by atoms with Gasteiger partial charge < -0.3 is 4.74 Å². The topological polar surface area (TPSA) is 26.3 Å². The van der Waals surface area contributed by atoms with Crippen molar-refractivity contribution >= 4 is 5.97 Å². The molecule has 95 valence electrons. The number of rotatable bonds is 7. The van der Waals surface area contributed by atoms with Gasteiger partial charge in [-0.1, -0.05) is 33.1 Å². The van der Waals surface area contributed by atoms with Crippen molar-refractivity contribution in [3.8, 4) is 0 Å². The first-order chi connectivity index (χ1) is 7.41. The molecule has 0 saturated carbocycles. The van der Waals surface area contributed by atoms with Gasteiger partial charge >= 0.3 is 5.97 Å². The van der Waals surface area contributed by atoms with Crippen molar-refractivity contribution in [3.05, 3.63) is 6.10 Å². The third-order valence-electron chi connectivity index (χ3n) is 2.55. The quantitative estimate of drug-likeness (QED) is 0.473. The Labute approximate surface area is 101 Å². The molecule has 0 bridgehead atoms. The predicted molar refractivity (Wildman–Crippen MR) is 67.8 cm³/mol. The van der Waals surface area contributed by atoms with E-state index in [1.54, 1.807) is 0 Å². The summed E-state index contributed by atoms with van der Waals surface area (Å²) in [6, 6.07) is 0. The highest BCUT2D eigenvalue weighted by Crippen LogP contribution is 2.23. The zero-order valence-corrected chi connectivity index (χ0v) is 11.6. The minimum absolute atomic E-state index is 0.111. The van der Waals surface area contributed by atoms with E-state index in [2.05, 4.69) is 6.92 Å². The van der Waals surface area contributed by atoms with Crippen molar-refractivity contribution in [1.82, 2.24) is 0 Å². The van der Waals surface area contributed by atoms with Crippen molar-refractivity contribution in [2.45, 2.75) is 73.1 Å². The van der Waals surface area contributed by atoms with Gasteiger partial charge in [-0.2, -0.15) is 0 Å². The van der Waals surface area contributed by atoms with Gasteiger partial charge in [0.15, 0.2) is 6.10 Å².